The van der Waals surface area contributed by atoms with Gasteiger partial charge in [0.2, 0.25) is 0 Å². The first kappa shape index (κ1) is 18.7. The van der Waals surface area contributed by atoms with E-state index in [0.717, 1.165) is 30.9 Å². The predicted octanol–water partition coefficient (Wildman–Crippen LogP) is 1.66. The number of hydrogen-bond acceptors (Lipinski definition) is 5. The highest BCUT2D eigenvalue weighted by Gasteiger charge is 2.32. The summed E-state index contributed by atoms with van der Waals surface area (Å²) < 4.78 is 0. The van der Waals surface area contributed by atoms with Gasteiger partial charge in [-0.1, -0.05) is 6.08 Å². The van der Waals surface area contributed by atoms with Crippen LogP contribution >= 0.6 is 0 Å². The van der Waals surface area contributed by atoms with Crippen molar-refractivity contribution in [3.8, 4) is 0 Å². The molecule has 7 heteroatoms. The van der Waals surface area contributed by atoms with Crippen molar-refractivity contribution < 1.29 is 14.7 Å². The monoisotopic (exact) mass is 382 g/mol. The number of aromatic carboxylic acids is 1. The van der Waals surface area contributed by atoms with Gasteiger partial charge < -0.3 is 15.7 Å². The number of carboxylic acids is 1. The molecule has 0 spiro atoms. The molecule has 2 saturated heterocycles. The SMILES string of the molecule is CC1CCCN1CC1NC2=CC(NC(=O)c3ccc(C(=O)O)cc3)=CCC2N1. The minimum atomic E-state index is -1.00. The zero-order valence-electron chi connectivity index (χ0n) is 15.9. The number of nitrogens with one attached hydrogen (secondary N) is 3. The molecule has 0 saturated carbocycles. The summed E-state index contributed by atoms with van der Waals surface area (Å²) in [6.07, 6.45) is 7.59. The number of benzene rings is 1. The Morgan fingerprint density at radius 1 is 1.25 bits per heavy atom. The van der Waals surface area contributed by atoms with Crippen LogP contribution in [0.3, 0.4) is 0 Å². The Balaban J connectivity index is 1.35. The summed E-state index contributed by atoms with van der Waals surface area (Å²) in [6.45, 7) is 4.42. The molecule has 2 aliphatic heterocycles. The van der Waals surface area contributed by atoms with Crippen molar-refractivity contribution in [1.29, 1.82) is 0 Å². The van der Waals surface area contributed by atoms with Crippen LogP contribution < -0.4 is 16.0 Å². The van der Waals surface area contributed by atoms with Gasteiger partial charge in [-0.25, -0.2) is 4.79 Å². The van der Waals surface area contributed by atoms with Gasteiger partial charge >= 0.3 is 5.97 Å². The number of rotatable bonds is 5. The fraction of sp³-hybridized carbons (Fsp3) is 0.429. The van der Waals surface area contributed by atoms with Crippen molar-refractivity contribution in [2.24, 2.45) is 0 Å². The van der Waals surface area contributed by atoms with E-state index < -0.39 is 5.97 Å². The summed E-state index contributed by atoms with van der Waals surface area (Å²) >= 11 is 0. The van der Waals surface area contributed by atoms with Gasteiger partial charge in [-0.3, -0.25) is 15.0 Å². The number of carboxylic acid groups (broad SMARTS) is 1. The molecule has 7 nitrogen and oxygen atoms in total. The van der Waals surface area contributed by atoms with Crippen LogP contribution in [0, 0.1) is 0 Å². The minimum absolute atomic E-state index is 0.165. The van der Waals surface area contributed by atoms with E-state index in [1.54, 1.807) is 0 Å². The molecule has 0 radical (unpaired) electrons. The summed E-state index contributed by atoms with van der Waals surface area (Å²) in [6, 6.07) is 6.83. The Hall–Kier alpha value is -2.64. The van der Waals surface area contributed by atoms with Gasteiger partial charge in [-0.15, -0.1) is 0 Å². The molecule has 1 amide bonds. The molecule has 3 unspecified atom stereocenters. The maximum Gasteiger partial charge on any atom is 0.335 e. The lowest BCUT2D eigenvalue weighted by molar-refractivity contribution is 0.0696. The molecule has 0 aromatic heterocycles. The van der Waals surface area contributed by atoms with E-state index >= 15 is 0 Å². The Labute approximate surface area is 164 Å². The fourth-order valence-electron chi connectivity index (χ4n) is 4.14. The van der Waals surface area contributed by atoms with Crippen molar-refractivity contribution in [1.82, 2.24) is 20.9 Å². The normalized spacial score (nSPS) is 26.8. The Kier molecular flexibility index (Phi) is 5.19. The maximum atomic E-state index is 12.4. The quantitative estimate of drug-likeness (QED) is 0.619. The van der Waals surface area contributed by atoms with E-state index in [1.165, 1.54) is 37.1 Å². The Morgan fingerprint density at radius 3 is 2.68 bits per heavy atom. The Morgan fingerprint density at radius 2 is 2.00 bits per heavy atom. The summed E-state index contributed by atoms with van der Waals surface area (Å²) in [5, 5.41) is 19.0. The van der Waals surface area contributed by atoms with E-state index in [0.29, 0.717) is 11.6 Å². The summed E-state index contributed by atoms with van der Waals surface area (Å²) in [5.74, 6) is -1.25. The van der Waals surface area contributed by atoms with Crippen molar-refractivity contribution in [2.45, 2.75) is 44.4 Å². The predicted molar refractivity (Wildman–Crippen MR) is 106 cm³/mol. The molecular weight excluding hydrogens is 356 g/mol. The number of nitrogens with zero attached hydrogens (tertiary/aromatic N) is 1. The summed E-state index contributed by atoms with van der Waals surface area (Å²) in [4.78, 5) is 25.9. The molecule has 1 aromatic carbocycles. The first-order chi connectivity index (χ1) is 13.5. The zero-order valence-corrected chi connectivity index (χ0v) is 15.9. The van der Waals surface area contributed by atoms with Crippen molar-refractivity contribution in [3.05, 3.63) is 58.9 Å². The molecule has 2 heterocycles. The Bertz CT molecular complexity index is 831. The van der Waals surface area contributed by atoms with Crippen LogP contribution in [0.1, 0.15) is 46.9 Å². The van der Waals surface area contributed by atoms with Gasteiger partial charge in [0.25, 0.3) is 5.91 Å². The molecule has 0 bridgehead atoms. The van der Waals surface area contributed by atoms with Crippen molar-refractivity contribution in [2.75, 3.05) is 13.1 Å². The number of amides is 1. The van der Waals surface area contributed by atoms with Crippen LogP contribution in [-0.4, -0.2) is 53.2 Å². The fourth-order valence-corrected chi connectivity index (χ4v) is 4.14. The maximum absolute atomic E-state index is 12.4. The third-order valence-corrected chi connectivity index (χ3v) is 5.76. The molecule has 3 aliphatic rings. The molecule has 4 rings (SSSR count). The first-order valence-electron chi connectivity index (χ1n) is 9.82. The van der Waals surface area contributed by atoms with Gasteiger partial charge in [-0.05, 0) is 63.1 Å². The van der Waals surface area contributed by atoms with Gasteiger partial charge in [0.05, 0.1) is 17.8 Å². The lowest BCUT2D eigenvalue weighted by Crippen LogP contribution is -2.45. The highest BCUT2D eigenvalue weighted by atomic mass is 16.4. The second-order valence-electron chi connectivity index (χ2n) is 7.73. The van der Waals surface area contributed by atoms with Crippen molar-refractivity contribution in [3.63, 3.8) is 0 Å². The number of hydrogen-bond donors (Lipinski definition) is 4. The lowest BCUT2D eigenvalue weighted by atomic mass is 10.0. The van der Waals surface area contributed by atoms with Gasteiger partial charge in [0, 0.05) is 29.5 Å². The summed E-state index contributed by atoms with van der Waals surface area (Å²) in [5.41, 5.74) is 2.47. The van der Waals surface area contributed by atoms with Gasteiger partial charge in [-0.2, -0.15) is 0 Å². The average Bonchev–Trinajstić information content (AvgIpc) is 3.27. The van der Waals surface area contributed by atoms with E-state index in [9.17, 15) is 9.59 Å². The van der Waals surface area contributed by atoms with Crippen LogP contribution in [0.5, 0.6) is 0 Å². The average molecular weight is 382 g/mol. The summed E-state index contributed by atoms with van der Waals surface area (Å²) in [7, 11) is 0. The highest BCUT2D eigenvalue weighted by Crippen LogP contribution is 2.22. The largest absolute Gasteiger partial charge is 0.478 e. The number of fused-ring (bicyclic) bond motifs is 1. The van der Waals surface area contributed by atoms with Crippen LogP contribution in [0.15, 0.2) is 47.8 Å². The zero-order chi connectivity index (χ0) is 19.7. The number of carbonyl (C=O) groups excluding carboxylic acids is 1. The molecule has 3 atom stereocenters. The van der Waals surface area contributed by atoms with E-state index in [4.69, 9.17) is 5.11 Å². The standard InChI is InChI=1S/C21H26N4O3/c1-13-3-2-10-25(13)12-19-23-17-9-8-16(11-18(17)24-19)22-20(26)14-4-6-15(7-5-14)21(27)28/h4-8,11,13,17,19,23-24H,2-3,9-10,12H2,1H3,(H,22,26)(H,27,28). The highest BCUT2D eigenvalue weighted by molar-refractivity contribution is 5.97. The molecular formula is C21H26N4O3. The number of allylic oxidation sites excluding steroid dienone is 1. The van der Waals surface area contributed by atoms with Gasteiger partial charge in [0.1, 0.15) is 0 Å². The second kappa shape index (κ2) is 7.77. The topological polar surface area (TPSA) is 93.7 Å². The molecule has 1 aromatic rings. The lowest BCUT2D eigenvalue weighted by Gasteiger charge is -2.24. The second-order valence-corrected chi connectivity index (χ2v) is 7.73. The third kappa shape index (κ3) is 3.95. The minimum Gasteiger partial charge on any atom is -0.478 e. The van der Waals surface area contributed by atoms with Crippen LogP contribution in [0.25, 0.3) is 0 Å². The third-order valence-electron chi connectivity index (χ3n) is 5.76. The van der Waals surface area contributed by atoms with Gasteiger partial charge in [0.15, 0.2) is 0 Å². The molecule has 4 N–H and O–H groups in total. The van der Waals surface area contributed by atoms with E-state index in [-0.39, 0.29) is 23.7 Å². The van der Waals surface area contributed by atoms with E-state index in [1.807, 2.05) is 12.2 Å². The molecule has 148 valence electrons. The first-order valence-corrected chi connectivity index (χ1v) is 9.82. The van der Waals surface area contributed by atoms with E-state index in [2.05, 4.69) is 27.8 Å². The van der Waals surface area contributed by atoms with Crippen molar-refractivity contribution >= 4 is 11.9 Å². The molecule has 1 aliphatic carbocycles. The molecule has 2 fully saturated rings. The van der Waals surface area contributed by atoms with Crippen LogP contribution in [0.2, 0.25) is 0 Å². The molecule has 28 heavy (non-hydrogen) atoms. The van der Waals surface area contributed by atoms with Crippen LogP contribution in [-0.2, 0) is 0 Å². The van der Waals surface area contributed by atoms with Crippen LogP contribution in [0.4, 0.5) is 0 Å². The number of carbonyl (C=O) groups is 2. The number of likely N-dealkylation sites (tertiary alicyclic amines) is 1. The smallest absolute Gasteiger partial charge is 0.335 e.